The van der Waals surface area contributed by atoms with Crippen LogP contribution in [0.25, 0.3) is 0 Å². The van der Waals surface area contributed by atoms with E-state index in [4.69, 9.17) is 4.99 Å². The molecule has 0 N–H and O–H groups in total. The van der Waals surface area contributed by atoms with Gasteiger partial charge < -0.3 is 0 Å². The SMILES string of the molecule is CCC1/C=N\Cc2cc3cc(c2)CN2CCN(Cc4cc5cc(c4)CN4CCN(Cc6cc(cc(c6)CN6CCN(Cc7cc(cc(c7)CN7CCN(C3)C7)CC(C)CN(CC)C5)C6)C1)C4)C2. The topological polar surface area (TPSA) is 41.5 Å². The average Bonchev–Trinajstić information content (AvgIpc) is 4.12. The molecule has 10 heteroatoms. The molecule has 0 saturated carbocycles. The highest BCUT2D eigenvalue weighted by Crippen LogP contribution is 2.27. The van der Waals surface area contributed by atoms with Gasteiger partial charge in [-0.05, 0) is 104 Å². The second-order valence-corrected chi connectivity index (χ2v) is 22.1. The summed E-state index contributed by atoms with van der Waals surface area (Å²) in [5, 5.41) is 0. The van der Waals surface area contributed by atoms with Crippen molar-refractivity contribution in [3.63, 3.8) is 0 Å². The zero-order valence-corrected chi connectivity index (χ0v) is 41.2. The number of nitrogens with zero attached hydrogens (tertiary/aromatic N) is 10. The fourth-order valence-electron chi connectivity index (χ4n) is 12.8. The van der Waals surface area contributed by atoms with Gasteiger partial charge >= 0.3 is 0 Å². The minimum Gasteiger partial charge on any atom is -0.299 e. The predicted octanol–water partition coefficient (Wildman–Crippen LogP) is 7.27. The molecule has 10 nitrogen and oxygen atoms in total. The smallest absolute Gasteiger partial charge is 0.0636 e. The third kappa shape index (κ3) is 11.8. The normalized spacial score (nSPS) is 32.0. The summed E-state index contributed by atoms with van der Waals surface area (Å²) >= 11 is 0. The number of benzene rings is 4. The Balaban J connectivity index is 1.02. The predicted molar refractivity (Wildman–Crippen MR) is 272 cm³/mol. The Morgan fingerprint density at radius 2 is 0.687 bits per heavy atom. The van der Waals surface area contributed by atoms with Crippen LogP contribution in [0.15, 0.2) is 77.8 Å². The second kappa shape index (κ2) is 20.6. The standard InChI is InChI=1S/C57H78N10/c1-4-45-15-47-18-51-23-52(19-47)35-63-9-12-66(42-63)38-56-25-55-26-57(27-56)39-67-13-11-65(43-67)37-54-21-48(29-58-28-45)20-53(24-54)36-64-10-8-61(41-64)33-50-17-46(14-44(3)30-59(5-2)31-55)16-49(22-50)32-60-6-7-62(34-51)40-60/h16-28,44-45H,4-15,29-43H2,1-3H3/b58-28-. The number of aliphatic imine (C=N–C) groups is 1. The van der Waals surface area contributed by atoms with Gasteiger partial charge in [-0.25, -0.2) is 0 Å². The van der Waals surface area contributed by atoms with Crippen LogP contribution in [0.2, 0.25) is 0 Å². The molecule has 0 aromatic heterocycles. The van der Waals surface area contributed by atoms with Crippen molar-refractivity contribution in [1.82, 2.24) is 44.1 Å². The molecule has 4 fully saturated rings. The molecule has 8 heterocycles. The van der Waals surface area contributed by atoms with E-state index in [1.807, 2.05) is 0 Å². The monoisotopic (exact) mass is 903 g/mol. The molecule has 0 radical (unpaired) electrons. The van der Waals surface area contributed by atoms with Gasteiger partial charge in [-0.3, -0.25) is 49.1 Å². The van der Waals surface area contributed by atoms with E-state index in [0.717, 1.165) is 177 Å². The van der Waals surface area contributed by atoms with Crippen LogP contribution in [-0.4, -0.2) is 142 Å². The number of hydrogen-bond acceptors (Lipinski definition) is 10. The van der Waals surface area contributed by atoms with E-state index >= 15 is 0 Å². The third-order valence-electron chi connectivity index (χ3n) is 15.8. The first-order chi connectivity index (χ1) is 32.8. The summed E-state index contributed by atoms with van der Waals surface area (Å²) in [6, 6.07) is 30.5. The van der Waals surface area contributed by atoms with Gasteiger partial charge in [-0.15, -0.1) is 0 Å². The molecule has 10 atom stereocenters. The van der Waals surface area contributed by atoms with Gasteiger partial charge in [0.2, 0.25) is 0 Å². The summed E-state index contributed by atoms with van der Waals surface area (Å²) in [4.78, 5) is 29.5. The molecule has 10 unspecified atom stereocenters. The Bertz CT molecular complexity index is 2380. The Morgan fingerprint density at radius 3 is 1.01 bits per heavy atom. The van der Waals surface area contributed by atoms with Crippen LogP contribution in [0.4, 0.5) is 0 Å². The minimum absolute atomic E-state index is 0.409. The fourth-order valence-corrected chi connectivity index (χ4v) is 12.8. The van der Waals surface area contributed by atoms with Crippen LogP contribution >= 0.6 is 0 Å². The lowest BCUT2D eigenvalue weighted by atomic mass is 9.94. The van der Waals surface area contributed by atoms with Crippen molar-refractivity contribution in [3.8, 4) is 0 Å². The summed E-state index contributed by atoms with van der Waals surface area (Å²) < 4.78 is 0. The molecule has 0 spiro atoms. The van der Waals surface area contributed by atoms with Crippen LogP contribution in [0, 0.1) is 11.8 Å². The molecular weight excluding hydrogens is 825 g/mol. The van der Waals surface area contributed by atoms with E-state index in [1.54, 1.807) is 0 Å². The second-order valence-electron chi connectivity index (χ2n) is 22.1. The molecule has 20 bridgehead atoms. The summed E-state index contributed by atoms with van der Waals surface area (Å²) in [7, 11) is 0. The fraction of sp³-hybridized carbons (Fsp3) is 0.561. The number of hydrogen-bond donors (Lipinski definition) is 0. The quantitative estimate of drug-likeness (QED) is 0.207. The highest BCUT2D eigenvalue weighted by atomic mass is 15.4. The van der Waals surface area contributed by atoms with Crippen molar-refractivity contribution < 1.29 is 0 Å². The molecule has 0 aliphatic carbocycles. The molecule has 356 valence electrons. The highest BCUT2D eigenvalue weighted by molar-refractivity contribution is 5.61. The summed E-state index contributed by atoms with van der Waals surface area (Å²) in [6.07, 6.45) is 5.55. The molecule has 0 amide bonds. The lowest BCUT2D eigenvalue weighted by Gasteiger charge is -2.27. The van der Waals surface area contributed by atoms with E-state index in [1.165, 1.54) is 66.8 Å². The first-order valence-electron chi connectivity index (χ1n) is 26.2. The van der Waals surface area contributed by atoms with Gasteiger partial charge in [-0.1, -0.05) is 93.6 Å². The number of fused-ring (bicyclic) bond motifs is 7. The third-order valence-corrected chi connectivity index (χ3v) is 15.8. The minimum atomic E-state index is 0.409. The Labute approximate surface area is 402 Å². The van der Waals surface area contributed by atoms with Gasteiger partial charge in [-0.2, -0.15) is 0 Å². The Morgan fingerprint density at radius 1 is 0.388 bits per heavy atom. The van der Waals surface area contributed by atoms with Crippen LogP contribution in [0.5, 0.6) is 0 Å². The van der Waals surface area contributed by atoms with E-state index < -0.39 is 0 Å². The van der Waals surface area contributed by atoms with Crippen molar-refractivity contribution in [2.75, 3.05) is 92.1 Å². The van der Waals surface area contributed by atoms with Crippen molar-refractivity contribution in [2.24, 2.45) is 16.8 Å². The van der Waals surface area contributed by atoms with Crippen molar-refractivity contribution in [3.05, 3.63) is 140 Å². The van der Waals surface area contributed by atoms with E-state index in [2.05, 4.69) is 144 Å². The molecular formula is C57H78N10. The molecule has 12 rings (SSSR count). The van der Waals surface area contributed by atoms with Crippen molar-refractivity contribution >= 4 is 6.21 Å². The molecule has 4 aromatic carbocycles. The molecule has 8 aliphatic rings. The van der Waals surface area contributed by atoms with Crippen LogP contribution in [0.3, 0.4) is 0 Å². The summed E-state index contributed by atoms with van der Waals surface area (Å²) in [5.74, 6) is 0.962. The molecule has 8 aliphatic heterocycles. The highest BCUT2D eigenvalue weighted by Gasteiger charge is 2.27. The van der Waals surface area contributed by atoms with Crippen molar-refractivity contribution in [2.45, 2.75) is 105 Å². The lowest BCUT2D eigenvalue weighted by Crippen LogP contribution is -2.29. The van der Waals surface area contributed by atoms with Gasteiger partial charge in [0.05, 0.1) is 33.2 Å². The zero-order valence-electron chi connectivity index (χ0n) is 41.2. The maximum absolute atomic E-state index is 5.27. The van der Waals surface area contributed by atoms with Crippen LogP contribution in [-0.2, 0) is 78.3 Å². The number of rotatable bonds is 2. The van der Waals surface area contributed by atoms with Crippen molar-refractivity contribution in [1.29, 1.82) is 0 Å². The largest absolute Gasteiger partial charge is 0.299 e. The van der Waals surface area contributed by atoms with E-state index in [0.29, 0.717) is 11.8 Å². The zero-order chi connectivity index (χ0) is 45.3. The first kappa shape index (κ1) is 45.6. The van der Waals surface area contributed by atoms with E-state index in [-0.39, 0.29) is 0 Å². The first-order valence-corrected chi connectivity index (χ1v) is 26.2. The van der Waals surface area contributed by atoms with Gasteiger partial charge in [0.15, 0.2) is 0 Å². The van der Waals surface area contributed by atoms with Gasteiger partial charge in [0.25, 0.3) is 0 Å². The summed E-state index contributed by atoms with van der Waals surface area (Å²) in [6.45, 7) is 32.1. The lowest BCUT2D eigenvalue weighted by molar-refractivity contribution is 0.229. The van der Waals surface area contributed by atoms with Crippen LogP contribution in [0.1, 0.15) is 94.0 Å². The maximum atomic E-state index is 5.27. The molecule has 4 saturated heterocycles. The maximum Gasteiger partial charge on any atom is 0.0636 e. The van der Waals surface area contributed by atoms with Crippen LogP contribution < -0.4 is 0 Å². The van der Waals surface area contributed by atoms with Gasteiger partial charge in [0.1, 0.15) is 0 Å². The molecule has 4 aromatic rings. The average molecular weight is 903 g/mol. The molecule has 67 heavy (non-hydrogen) atoms. The Hall–Kier alpha value is -3.81. The summed E-state index contributed by atoms with van der Waals surface area (Å²) in [5.41, 5.74) is 17.5. The Kier molecular flexibility index (Phi) is 14.1. The van der Waals surface area contributed by atoms with E-state index in [9.17, 15) is 0 Å². The van der Waals surface area contributed by atoms with Gasteiger partial charge in [0, 0.05) is 124 Å².